The lowest BCUT2D eigenvalue weighted by Gasteiger charge is -2.41. The number of likely N-dealkylation sites (tertiary alicyclic amines) is 1. The fourth-order valence-electron chi connectivity index (χ4n) is 5.35. The third-order valence-corrected chi connectivity index (χ3v) is 7.44. The van der Waals surface area contributed by atoms with Gasteiger partial charge in [-0.3, -0.25) is 9.59 Å². The molecule has 0 atom stereocenters. The highest BCUT2D eigenvalue weighted by molar-refractivity contribution is 5.94. The Hall–Kier alpha value is -2.66. The first-order valence-corrected chi connectivity index (χ1v) is 13.0. The van der Waals surface area contributed by atoms with Crippen LogP contribution in [-0.4, -0.2) is 42.8 Å². The van der Waals surface area contributed by atoms with Gasteiger partial charge < -0.3 is 15.0 Å². The number of nitrogens with zero attached hydrogens (tertiary/aromatic N) is 1. The molecule has 34 heavy (non-hydrogen) atoms. The van der Waals surface area contributed by atoms with E-state index in [2.05, 4.69) is 41.4 Å². The van der Waals surface area contributed by atoms with Gasteiger partial charge in [0.2, 0.25) is 5.91 Å². The third kappa shape index (κ3) is 5.87. The number of anilines is 1. The fourth-order valence-corrected chi connectivity index (χ4v) is 5.35. The summed E-state index contributed by atoms with van der Waals surface area (Å²) in [7, 11) is 0. The van der Waals surface area contributed by atoms with Gasteiger partial charge in [-0.1, -0.05) is 50.1 Å². The number of hydrogen-bond acceptors (Lipinski definition) is 4. The summed E-state index contributed by atoms with van der Waals surface area (Å²) < 4.78 is 6.00. The number of rotatable bonds is 11. The van der Waals surface area contributed by atoms with E-state index in [1.165, 1.54) is 5.56 Å². The zero-order chi connectivity index (χ0) is 23.8. The van der Waals surface area contributed by atoms with Crippen molar-refractivity contribution < 1.29 is 14.3 Å². The standard InChI is InChI=1S/C29H38N2O3/c1-2-3-5-11-27(32)29(24-9-6-4-7-10-24)16-19-31(20-17-29)18-8-21-34-25-13-14-26-23(22-25)12-15-28(33)30-26/h4,6-7,9-10,13-14,22H,2-3,5,8,11-12,15-21H2,1H3,(H,30,33). The highest BCUT2D eigenvalue weighted by Gasteiger charge is 2.41. The molecular weight excluding hydrogens is 424 g/mol. The van der Waals surface area contributed by atoms with Crippen LogP contribution in [0.25, 0.3) is 0 Å². The van der Waals surface area contributed by atoms with Gasteiger partial charge in [0, 0.05) is 25.1 Å². The smallest absolute Gasteiger partial charge is 0.224 e. The van der Waals surface area contributed by atoms with Gasteiger partial charge in [0.15, 0.2) is 0 Å². The van der Waals surface area contributed by atoms with E-state index in [1.807, 2.05) is 24.3 Å². The van der Waals surface area contributed by atoms with Crippen molar-refractivity contribution in [3.63, 3.8) is 0 Å². The minimum atomic E-state index is -0.319. The molecule has 2 aromatic carbocycles. The van der Waals surface area contributed by atoms with Gasteiger partial charge in [0.25, 0.3) is 0 Å². The van der Waals surface area contributed by atoms with Crippen molar-refractivity contribution in [2.45, 2.75) is 70.1 Å². The van der Waals surface area contributed by atoms with Crippen molar-refractivity contribution in [3.05, 3.63) is 59.7 Å². The van der Waals surface area contributed by atoms with E-state index < -0.39 is 0 Å². The van der Waals surface area contributed by atoms with Crippen LogP contribution in [-0.2, 0) is 21.4 Å². The molecule has 2 aromatic rings. The molecule has 5 heteroatoms. The Morgan fingerprint density at radius 2 is 1.82 bits per heavy atom. The zero-order valence-corrected chi connectivity index (χ0v) is 20.5. The number of nitrogens with one attached hydrogen (secondary N) is 1. The Balaban J connectivity index is 1.26. The molecule has 2 aliphatic heterocycles. The van der Waals surface area contributed by atoms with Gasteiger partial charge in [-0.15, -0.1) is 0 Å². The van der Waals surface area contributed by atoms with Gasteiger partial charge in [-0.25, -0.2) is 0 Å². The molecule has 2 heterocycles. The first-order chi connectivity index (χ1) is 16.6. The highest BCUT2D eigenvalue weighted by Crippen LogP contribution is 2.38. The average Bonchev–Trinajstić information content (AvgIpc) is 2.87. The number of carbonyl (C=O) groups is 2. The van der Waals surface area contributed by atoms with Crippen molar-refractivity contribution in [3.8, 4) is 5.75 Å². The second-order valence-corrected chi connectivity index (χ2v) is 9.74. The summed E-state index contributed by atoms with van der Waals surface area (Å²) in [5.74, 6) is 1.38. The van der Waals surface area contributed by atoms with Crippen LogP contribution in [0.1, 0.15) is 69.4 Å². The molecule has 0 unspecified atom stereocenters. The van der Waals surface area contributed by atoms with Crippen LogP contribution in [0.4, 0.5) is 5.69 Å². The highest BCUT2D eigenvalue weighted by atomic mass is 16.5. The summed E-state index contributed by atoms with van der Waals surface area (Å²) in [6.07, 6.45) is 8.03. The third-order valence-electron chi connectivity index (χ3n) is 7.44. The predicted octanol–water partition coefficient (Wildman–Crippen LogP) is 5.52. The monoisotopic (exact) mass is 462 g/mol. The maximum atomic E-state index is 13.4. The molecule has 1 fully saturated rings. The number of unbranched alkanes of at least 4 members (excludes halogenated alkanes) is 2. The lowest BCUT2D eigenvalue weighted by Crippen LogP contribution is -2.47. The van der Waals surface area contributed by atoms with E-state index in [9.17, 15) is 9.59 Å². The number of benzene rings is 2. The summed E-state index contributed by atoms with van der Waals surface area (Å²) >= 11 is 0. The largest absolute Gasteiger partial charge is 0.494 e. The van der Waals surface area contributed by atoms with Crippen LogP contribution in [0.5, 0.6) is 5.75 Å². The molecule has 182 valence electrons. The molecule has 2 aliphatic rings. The van der Waals surface area contributed by atoms with E-state index in [0.29, 0.717) is 25.2 Å². The van der Waals surface area contributed by atoms with Crippen molar-refractivity contribution in [1.82, 2.24) is 4.90 Å². The second kappa shape index (κ2) is 11.7. The maximum absolute atomic E-state index is 13.4. The Kier molecular flexibility index (Phi) is 8.39. The van der Waals surface area contributed by atoms with Crippen LogP contribution in [0.2, 0.25) is 0 Å². The van der Waals surface area contributed by atoms with Gasteiger partial charge in [-0.2, -0.15) is 0 Å². The Bertz CT molecular complexity index is 965. The predicted molar refractivity (Wildman–Crippen MR) is 136 cm³/mol. The number of piperidine rings is 1. The number of hydrogen-bond donors (Lipinski definition) is 1. The maximum Gasteiger partial charge on any atom is 0.224 e. The first kappa shape index (κ1) is 24.5. The lowest BCUT2D eigenvalue weighted by molar-refractivity contribution is -0.126. The van der Waals surface area contributed by atoms with Crippen molar-refractivity contribution in [2.24, 2.45) is 0 Å². The molecule has 0 saturated carbocycles. The van der Waals surface area contributed by atoms with E-state index >= 15 is 0 Å². The summed E-state index contributed by atoms with van der Waals surface area (Å²) in [4.78, 5) is 27.4. The van der Waals surface area contributed by atoms with Crippen LogP contribution in [0, 0.1) is 0 Å². The molecular formula is C29H38N2O3. The van der Waals surface area contributed by atoms with Crippen LogP contribution < -0.4 is 10.1 Å². The molecule has 0 spiro atoms. The van der Waals surface area contributed by atoms with Crippen LogP contribution >= 0.6 is 0 Å². The molecule has 4 rings (SSSR count). The number of ketones is 1. The van der Waals surface area contributed by atoms with Crippen LogP contribution in [0.15, 0.2) is 48.5 Å². The molecule has 0 radical (unpaired) electrons. The fraction of sp³-hybridized carbons (Fsp3) is 0.517. The van der Waals surface area contributed by atoms with Gasteiger partial charge in [0.1, 0.15) is 11.5 Å². The normalized spacial score (nSPS) is 17.6. The minimum Gasteiger partial charge on any atom is -0.494 e. The topological polar surface area (TPSA) is 58.6 Å². The number of aryl methyl sites for hydroxylation is 1. The number of Topliss-reactive ketones (excluding diaryl/α,β-unsaturated/α-hetero) is 1. The molecule has 0 bridgehead atoms. The van der Waals surface area contributed by atoms with E-state index in [-0.39, 0.29) is 11.3 Å². The number of fused-ring (bicyclic) bond motifs is 1. The van der Waals surface area contributed by atoms with Gasteiger partial charge >= 0.3 is 0 Å². The van der Waals surface area contributed by atoms with E-state index in [4.69, 9.17) is 4.74 Å². The number of amides is 1. The second-order valence-electron chi connectivity index (χ2n) is 9.74. The van der Waals surface area contributed by atoms with E-state index in [0.717, 1.165) is 81.6 Å². The summed E-state index contributed by atoms with van der Waals surface area (Å²) in [6, 6.07) is 16.4. The Morgan fingerprint density at radius 3 is 2.59 bits per heavy atom. The average molecular weight is 463 g/mol. The molecule has 1 amide bonds. The van der Waals surface area contributed by atoms with Gasteiger partial charge in [-0.05, 0) is 74.5 Å². The minimum absolute atomic E-state index is 0.0849. The summed E-state index contributed by atoms with van der Waals surface area (Å²) in [6.45, 7) is 5.74. The first-order valence-electron chi connectivity index (χ1n) is 13.0. The zero-order valence-electron chi connectivity index (χ0n) is 20.5. The van der Waals surface area contributed by atoms with Crippen molar-refractivity contribution in [2.75, 3.05) is 31.6 Å². The Labute approximate surface area is 203 Å². The molecule has 0 aromatic heterocycles. The SMILES string of the molecule is CCCCCC(=O)C1(c2ccccc2)CCN(CCCOc2ccc3c(c2)CCC(=O)N3)CC1. The molecule has 5 nitrogen and oxygen atoms in total. The number of carbonyl (C=O) groups excluding carboxylic acids is 2. The van der Waals surface area contributed by atoms with Crippen molar-refractivity contribution >= 4 is 17.4 Å². The molecule has 1 N–H and O–H groups in total. The molecule has 0 aliphatic carbocycles. The number of ether oxygens (including phenoxy) is 1. The Morgan fingerprint density at radius 1 is 1.03 bits per heavy atom. The quantitative estimate of drug-likeness (QED) is 0.447. The summed E-state index contributed by atoms with van der Waals surface area (Å²) in [5.41, 5.74) is 2.93. The van der Waals surface area contributed by atoms with Gasteiger partial charge in [0.05, 0.1) is 12.0 Å². The van der Waals surface area contributed by atoms with Crippen LogP contribution in [0.3, 0.4) is 0 Å². The van der Waals surface area contributed by atoms with E-state index in [1.54, 1.807) is 0 Å². The summed E-state index contributed by atoms with van der Waals surface area (Å²) in [5, 5.41) is 2.91. The molecule has 1 saturated heterocycles. The lowest BCUT2D eigenvalue weighted by atomic mass is 9.68. The van der Waals surface area contributed by atoms with Crippen molar-refractivity contribution in [1.29, 1.82) is 0 Å².